The first-order chi connectivity index (χ1) is 13.3. The van der Waals surface area contributed by atoms with Crippen LogP contribution in [-0.2, 0) is 14.4 Å². The van der Waals surface area contributed by atoms with Crippen LogP contribution in [0, 0.1) is 11.8 Å². The van der Waals surface area contributed by atoms with E-state index < -0.39 is 18.1 Å². The lowest BCUT2D eigenvalue weighted by molar-refractivity contribution is -0.132. The van der Waals surface area contributed by atoms with Gasteiger partial charge in [0.05, 0.1) is 6.04 Å². The molecule has 1 aliphatic rings. The molecule has 1 fully saturated rings. The Balaban J connectivity index is 2.61. The maximum atomic E-state index is 12.7. The Morgan fingerprint density at radius 1 is 0.929 bits per heavy atom. The Morgan fingerprint density at radius 3 is 2.07 bits per heavy atom. The highest BCUT2D eigenvalue weighted by Crippen LogP contribution is 2.27. The van der Waals surface area contributed by atoms with E-state index in [0.717, 1.165) is 12.8 Å². The van der Waals surface area contributed by atoms with Crippen LogP contribution < -0.4 is 21.7 Å². The first-order valence-electron chi connectivity index (χ1n) is 10.9. The summed E-state index contributed by atoms with van der Waals surface area (Å²) in [7, 11) is 0. The lowest BCUT2D eigenvalue weighted by atomic mass is 9.85. The zero-order chi connectivity index (χ0) is 21.1. The van der Waals surface area contributed by atoms with Crippen LogP contribution in [0.2, 0.25) is 0 Å². The smallest absolute Gasteiger partial charge is 0.243 e. The van der Waals surface area contributed by atoms with E-state index in [-0.39, 0.29) is 23.6 Å². The molecule has 3 atom stereocenters. The maximum Gasteiger partial charge on any atom is 0.243 e. The van der Waals surface area contributed by atoms with Gasteiger partial charge >= 0.3 is 0 Å². The fourth-order valence-corrected chi connectivity index (χ4v) is 3.79. The molecule has 0 bridgehead atoms. The minimum Gasteiger partial charge on any atom is -0.355 e. The molecule has 1 aliphatic carbocycles. The van der Waals surface area contributed by atoms with Crippen LogP contribution in [0.15, 0.2) is 0 Å². The van der Waals surface area contributed by atoms with Gasteiger partial charge in [-0.05, 0) is 38.0 Å². The molecule has 0 aromatic rings. The molecule has 7 nitrogen and oxygen atoms in total. The van der Waals surface area contributed by atoms with Crippen molar-refractivity contribution in [3.63, 3.8) is 0 Å². The lowest BCUT2D eigenvalue weighted by Crippen LogP contribution is -2.56. The van der Waals surface area contributed by atoms with Crippen LogP contribution in [0.25, 0.3) is 0 Å². The standard InChI is InChI=1S/C21H40N4O3/c1-5-17(21(28)25-18(12-14(3)4)20(27)23-6-2)24-19(26)16(22)13-15-10-8-7-9-11-15/h14-18H,5-13,22H2,1-4H3,(H,23,27)(H,24,26)(H,25,28). The van der Waals surface area contributed by atoms with Gasteiger partial charge in [-0.15, -0.1) is 0 Å². The summed E-state index contributed by atoms with van der Waals surface area (Å²) in [6.45, 7) is 8.19. The van der Waals surface area contributed by atoms with Gasteiger partial charge in [-0.2, -0.15) is 0 Å². The molecule has 3 amide bonds. The minimum atomic E-state index is -0.686. The quantitative estimate of drug-likeness (QED) is 0.427. The van der Waals surface area contributed by atoms with Crippen LogP contribution in [-0.4, -0.2) is 42.4 Å². The normalized spacial score (nSPS) is 18.2. The minimum absolute atomic E-state index is 0.195. The number of nitrogens with one attached hydrogen (secondary N) is 3. The van der Waals surface area contributed by atoms with Crippen molar-refractivity contribution in [3.05, 3.63) is 0 Å². The highest BCUT2D eigenvalue weighted by Gasteiger charge is 2.28. The Bertz CT molecular complexity index is 504. The van der Waals surface area contributed by atoms with E-state index in [1.807, 2.05) is 27.7 Å². The van der Waals surface area contributed by atoms with E-state index in [0.29, 0.717) is 31.7 Å². The molecule has 1 saturated carbocycles. The molecule has 5 N–H and O–H groups in total. The van der Waals surface area contributed by atoms with E-state index in [1.54, 1.807) is 0 Å². The Hall–Kier alpha value is -1.63. The van der Waals surface area contributed by atoms with Crippen molar-refractivity contribution in [2.45, 2.75) is 97.2 Å². The first kappa shape index (κ1) is 24.4. The number of likely N-dealkylation sites (N-methyl/N-ethyl adjacent to an activating group) is 1. The molecule has 7 heteroatoms. The van der Waals surface area contributed by atoms with Gasteiger partial charge in [-0.25, -0.2) is 0 Å². The van der Waals surface area contributed by atoms with Crippen molar-refractivity contribution >= 4 is 17.7 Å². The summed E-state index contributed by atoms with van der Waals surface area (Å²) in [4.78, 5) is 37.4. The van der Waals surface area contributed by atoms with Gasteiger partial charge in [0.25, 0.3) is 0 Å². The number of amides is 3. The highest BCUT2D eigenvalue weighted by molar-refractivity contribution is 5.92. The summed E-state index contributed by atoms with van der Waals surface area (Å²) in [6, 6.07) is -1.89. The highest BCUT2D eigenvalue weighted by atomic mass is 16.2. The van der Waals surface area contributed by atoms with Gasteiger partial charge in [-0.3, -0.25) is 14.4 Å². The van der Waals surface area contributed by atoms with E-state index in [4.69, 9.17) is 5.73 Å². The summed E-state index contributed by atoms with van der Waals surface area (Å²) in [5.74, 6) is -0.0635. The SMILES string of the molecule is CCNC(=O)C(CC(C)C)NC(=O)C(CC)NC(=O)C(N)CC1CCCCC1. The third kappa shape index (κ3) is 8.59. The van der Waals surface area contributed by atoms with Gasteiger partial charge in [0.1, 0.15) is 12.1 Å². The number of nitrogens with two attached hydrogens (primary N) is 1. The molecular weight excluding hydrogens is 356 g/mol. The largest absolute Gasteiger partial charge is 0.355 e. The number of carbonyl (C=O) groups excluding carboxylic acids is 3. The molecule has 0 aromatic carbocycles. The summed E-state index contributed by atoms with van der Waals surface area (Å²) in [6.07, 6.45) is 7.58. The average molecular weight is 397 g/mol. The molecule has 0 aliphatic heterocycles. The average Bonchev–Trinajstić information content (AvgIpc) is 2.65. The van der Waals surface area contributed by atoms with Gasteiger partial charge in [-0.1, -0.05) is 52.9 Å². The fourth-order valence-electron chi connectivity index (χ4n) is 3.79. The van der Waals surface area contributed by atoms with Gasteiger partial charge in [0.2, 0.25) is 17.7 Å². The van der Waals surface area contributed by atoms with Crippen molar-refractivity contribution in [3.8, 4) is 0 Å². The Labute approximate surface area is 170 Å². The first-order valence-corrected chi connectivity index (χ1v) is 10.9. The molecule has 0 heterocycles. The summed E-state index contributed by atoms with van der Waals surface area (Å²) in [5, 5.41) is 8.34. The number of rotatable bonds is 11. The maximum absolute atomic E-state index is 12.7. The van der Waals surface area contributed by atoms with Crippen molar-refractivity contribution in [2.24, 2.45) is 17.6 Å². The third-order valence-corrected chi connectivity index (χ3v) is 5.38. The van der Waals surface area contributed by atoms with E-state index in [2.05, 4.69) is 16.0 Å². The zero-order valence-corrected chi connectivity index (χ0v) is 18.1. The Kier molecular flexibility index (Phi) is 11.1. The fraction of sp³-hybridized carbons (Fsp3) is 0.857. The number of carbonyl (C=O) groups is 3. The van der Waals surface area contributed by atoms with Gasteiger partial charge in [0.15, 0.2) is 0 Å². The van der Waals surface area contributed by atoms with Crippen molar-refractivity contribution < 1.29 is 14.4 Å². The lowest BCUT2D eigenvalue weighted by Gasteiger charge is -2.26. The van der Waals surface area contributed by atoms with Crippen molar-refractivity contribution in [1.29, 1.82) is 0 Å². The second-order valence-electron chi connectivity index (χ2n) is 8.40. The molecule has 0 saturated heterocycles. The molecule has 1 rings (SSSR count). The number of hydrogen-bond acceptors (Lipinski definition) is 4. The second-order valence-corrected chi connectivity index (χ2v) is 8.40. The van der Waals surface area contributed by atoms with E-state index in [1.165, 1.54) is 19.3 Å². The van der Waals surface area contributed by atoms with Crippen LogP contribution >= 0.6 is 0 Å². The summed E-state index contributed by atoms with van der Waals surface area (Å²) in [5.41, 5.74) is 6.10. The van der Waals surface area contributed by atoms with E-state index in [9.17, 15) is 14.4 Å². The van der Waals surface area contributed by atoms with Crippen LogP contribution in [0.1, 0.15) is 79.1 Å². The molecule has 28 heavy (non-hydrogen) atoms. The molecular formula is C21H40N4O3. The summed E-state index contributed by atoms with van der Waals surface area (Å²) >= 11 is 0. The topological polar surface area (TPSA) is 113 Å². The van der Waals surface area contributed by atoms with Crippen LogP contribution in [0.3, 0.4) is 0 Å². The molecule has 3 unspecified atom stereocenters. The molecule has 0 spiro atoms. The van der Waals surface area contributed by atoms with Crippen LogP contribution in [0.4, 0.5) is 0 Å². The summed E-state index contributed by atoms with van der Waals surface area (Å²) < 4.78 is 0. The zero-order valence-electron chi connectivity index (χ0n) is 18.1. The van der Waals surface area contributed by atoms with Crippen LogP contribution in [0.5, 0.6) is 0 Å². The monoisotopic (exact) mass is 396 g/mol. The molecule has 0 aromatic heterocycles. The second kappa shape index (κ2) is 12.8. The molecule has 162 valence electrons. The molecule has 0 radical (unpaired) electrons. The Morgan fingerprint density at radius 2 is 1.54 bits per heavy atom. The van der Waals surface area contributed by atoms with Crippen molar-refractivity contribution in [2.75, 3.05) is 6.54 Å². The number of hydrogen-bond donors (Lipinski definition) is 4. The predicted molar refractivity (Wildman–Crippen MR) is 111 cm³/mol. The van der Waals surface area contributed by atoms with Gasteiger partial charge in [0, 0.05) is 6.54 Å². The third-order valence-electron chi connectivity index (χ3n) is 5.38. The predicted octanol–water partition coefficient (Wildman–Crippen LogP) is 1.85. The van der Waals surface area contributed by atoms with Gasteiger partial charge < -0.3 is 21.7 Å². The van der Waals surface area contributed by atoms with E-state index >= 15 is 0 Å². The van der Waals surface area contributed by atoms with Crippen molar-refractivity contribution in [1.82, 2.24) is 16.0 Å².